The number of halogens is 2. The first-order chi connectivity index (χ1) is 8.35. The van der Waals surface area contributed by atoms with E-state index in [4.69, 9.17) is 9.52 Å². The summed E-state index contributed by atoms with van der Waals surface area (Å²) in [5.41, 5.74) is 0.805. The van der Waals surface area contributed by atoms with Crippen LogP contribution in [-0.4, -0.2) is 22.0 Å². The number of hydrogen-bond donors (Lipinski definition) is 2. The number of aliphatic carboxylic acids is 1. The van der Waals surface area contributed by atoms with Crippen LogP contribution in [0.1, 0.15) is 12.0 Å². The topological polar surface area (TPSA) is 83.3 Å². The number of carboxylic acid groups (broad SMARTS) is 1. The van der Waals surface area contributed by atoms with E-state index in [2.05, 4.69) is 4.98 Å². The molecule has 18 heavy (non-hydrogen) atoms. The second-order valence-electron chi connectivity index (χ2n) is 3.95. The number of carbonyl (C=O) groups is 1. The Balaban J connectivity index is 2.26. The molecule has 0 atom stereocenters. The van der Waals surface area contributed by atoms with E-state index < -0.39 is 30.5 Å². The van der Waals surface area contributed by atoms with Crippen molar-refractivity contribution in [2.24, 2.45) is 0 Å². The van der Waals surface area contributed by atoms with Crippen molar-refractivity contribution in [2.45, 2.75) is 18.8 Å². The van der Waals surface area contributed by atoms with Gasteiger partial charge in [0.25, 0.3) is 5.92 Å². The van der Waals surface area contributed by atoms with Crippen LogP contribution in [0.5, 0.6) is 0 Å². The van der Waals surface area contributed by atoms with Crippen LogP contribution in [0.3, 0.4) is 0 Å². The van der Waals surface area contributed by atoms with Gasteiger partial charge in [-0.3, -0.25) is 9.78 Å². The molecule has 1 heterocycles. The molecule has 0 aliphatic heterocycles. The lowest BCUT2D eigenvalue weighted by Crippen LogP contribution is -2.23. The maximum absolute atomic E-state index is 13.3. The maximum atomic E-state index is 13.3. The van der Waals surface area contributed by atoms with Crippen molar-refractivity contribution in [3.63, 3.8) is 0 Å². The molecule has 0 bridgehead atoms. The average molecular weight is 257 g/mol. The normalized spacial score (nSPS) is 11.9. The number of benzene rings is 1. The fourth-order valence-electron chi connectivity index (χ4n) is 1.69. The van der Waals surface area contributed by atoms with Crippen molar-refractivity contribution in [1.29, 1.82) is 0 Å². The standard InChI is InChI=1S/C11H9F2NO4/c12-11(13,5-9(15)16)4-6-1-2-8-7(3-6)14-10(17)18-8/h1-3H,4-5H2,(H,14,17)(H,15,16). The lowest BCUT2D eigenvalue weighted by atomic mass is 10.0. The number of hydrogen-bond acceptors (Lipinski definition) is 3. The summed E-state index contributed by atoms with van der Waals surface area (Å²) in [6.45, 7) is 0. The molecule has 0 aliphatic carbocycles. The molecule has 0 saturated carbocycles. The van der Waals surface area contributed by atoms with Crippen LogP contribution in [0, 0.1) is 0 Å². The number of H-pyrrole nitrogens is 1. The van der Waals surface area contributed by atoms with Crippen molar-refractivity contribution < 1.29 is 23.1 Å². The number of aromatic nitrogens is 1. The highest BCUT2D eigenvalue weighted by Gasteiger charge is 2.32. The molecule has 0 fully saturated rings. The van der Waals surface area contributed by atoms with E-state index in [1.54, 1.807) is 0 Å². The molecule has 0 amide bonds. The summed E-state index contributed by atoms with van der Waals surface area (Å²) in [6.07, 6.45) is -1.94. The zero-order chi connectivity index (χ0) is 13.3. The number of carboxylic acids is 1. The van der Waals surface area contributed by atoms with Crippen molar-refractivity contribution >= 4 is 17.1 Å². The van der Waals surface area contributed by atoms with Crippen LogP contribution in [0.2, 0.25) is 0 Å². The Labute approximate surface area is 99.0 Å². The van der Waals surface area contributed by atoms with E-state index in [0.29, 0.717) is 5.52 Å². The summed E-state index contributed by atoms with van der Waals surface area (Å²) in [5.74, 6) is -5.55. The predicted octanol–water partition coefficient (Wildman–Crippen LogP) is 1.77. The Kier molecular flexibility index (Phi) is 2.90. The summed E-state index contributed by atoms with van der Waals surface area (Å²) < 4.78 is 31.3. The Bertz CT molecular complexity index is 644. The van der Waals surface area contributed by atoms with Gasteiger partial charge in [-0.15, -0.1) is 0 Å². The molecular formula is C11H9F2NO4. The predicted molar refractivity (Wildman–Crippen MR) is 57.7 cm³/mol. The number of rotatable bonds is 4. The Morgan fingerprint density at radius 1 is 1.44 bits per heavy atom. The van der Waals surface area contributed by atoms with Crippen LogP contribution < -0.4 is 5.76 Å². The van der Waals surface area contributed by atoms with Gasteiger partial charge < -0.3 is 9.52 Å². The quantitative estimate of drug-likeness (QED) is 0.874. The van der Waals surface area contributed by atoms with Crippen molar-refractivity contribution in [2.75, 3.05) is 0 Å². The molecule has 1 aromatic carbocycles. The van der Waals surface area contributed by atoms with E-state index in [1.807, 2.05) is 0 Å². The van der Waals surface area contributed by atoms with Gasteiger partial charge in [0.2, 0.25) is 0 Å². The van der Waals surface area contributed by atoms with E-state index >= 15 is 0 Å². The minimum Gasteiger partial charge on any atom is -0.481 e. The zero-order valence-corrected chi connectivity index (χ0v) is 9.07. The van der Waals surface area contributed by atoms with Gasteiger partial charge in [0.15, 0.2) is 5.58 Å². The molecule has 5 nitrogen and oxygen atoms in total. The number of aromatic amines is 1. The third-order valence-corrected chi connectivity index (χ3v) is 2.36. The molecule has 7 heteroatoms. The van der Waals surface area contributed by atoms with Crippen LogP contribution in [0.4, 0.5) is 8.78 Å². The third kappa shape index (κ3) is 2.73. The summed E-state index contributed by atoms with van der Waals surface area (Å²) in [5, 5.41) is 8.36. The molecule has 0 aliphatic rings. The van der Waals surface area contributed by atoms with Gasteiger partial charge in [-0.05, 0) is 17.7 Å². The van der Waals surface area contributed by atoms with Gasteiger partial charge >= 0.3 is 11.7 Å². The molecule has 2 rings (SSSR count). The second-order valence-corrected chi connectivity index (χ2v) is 3.95. The molecule has 0 radical (unpaired) electrons. The van der Waals surface area contributed by atoms with Crippen molar-refractivity contribution in [3.05, 3.63) is 34.3 Å². The van der Waals surface area contributed by atoms with E-state index in [1.165, 1.54) is 18.2 Å². The molecule has 0 spiro atoms. The number of alkyl halides is 2. The fourth-order valence-corrected chi connectivity index (χ4v) is 1.69. The minimum absolute atomic E-state index is 0.228. The van der Waals surface area contributed by atoms with Gasteiger partial charge in [0, 0.05) is 6.42 Å². The minimum atomic E-state index is -3.33. The zero-order valence-electron chi connectivity index (χ0n) is 9.07. The van der Waals surface area contributed by atoms with Gasteiger partial charge in [0.1, 0.15) is 6.42 Å². The number of oxazole rings is 1. The Morgan fingerprint density at radius 2 is 2.17 bits per heavy atom. The lowest BCUT2D eigenvalue weighted by molar-refractivity contribution is -0.144. The molecule has 1 aromatic heterocycles. The first-order valence-corrected chi connectivity index (χ1v) is 5.07. The van der Waals surface area contributed by atoms with Gasteiger partial charge in [0.05, 0.1) is 5.52 Å². The summed E-state index contributed by atoms with van der Waals surface area (Å²) in [6, 6.07) is 4.10. The molecule has 0 saturated heterocycles. The Morgan fingerprint density at radius 3 is 2.83 bits per heavy atom. The second kappa shape index (κ2) is 4.25. The van der Waals surface area contributed by atoms with E-state index in [9.17, 15) is 18.4 Å². The highest BCUT2D eigenvalue weighted by molar-refractivity contribution is 5.73. The van der Waals surface area contributed by atoms with Crippen molar-refractivity contribution in [1.82, 2.24) is 4.98 Å². The molecular weight excluding hydrogens is 248 g/mol. The summed E-state index contributed by atoms with van der Waals surface area (Å²) in [7, 11) is 0. The van der Waals surface area contributed by atoms with Gasteiger partial charge in [-0.25, -0.2) is 13.6 Å². The molecule has 0 unspecified atom stereocenters. The first kappa shape index (κ1) is 12.3. The highest BCUT2D eigenvalue weighted by Crippen LogP contribution is 2.25. The first-order valence-electron chi connectivity index (χ1n) is 5.07. The number of fused-ring (bicyclic) bond motifs is 1. The monoisotopic (exact) mass is 257 g/mol. The van der Waals surface area contributed by atoms with E-state index in [-0.39, 0.29) is 11.1 Å². The fraction of sp³-hybridized carbons (Fsp3) is 0.273. The highest BCUT2D eigenvalue weighted by atomic mass is 19.3. The largest absolute Gasteiger partial charge is 0.481 e. The summed E-state index contributed by atoms with van der Waals surface area (Å²) in [4.78, 5) is 23.5. The number of nitrogens with one attached hydrogen (secondary N) is 1. The van der Waals surface area contributed by atoms with Gasteiger partial charge in [-0.1, -0.05) is 6.07 Å². The maximum Gasteiger partial charge on any atom is 0.417 e. The van der Waals surface area contributed by atoms with E-state index in [0.717, 1.165) is 0 Å². The summed E-state index contributed by atoms with van der Waals surface area (Å²) >= 11 is 0. The van der Waals surface area contributed by atoms with Crippen LogP contribution >= 0.6 is 0 Å². The molecule has 96 valence electrons. The van der Waals surface area contributed by atoms with Gasteiger partial charge in [-0.2, -0.15) is 0 Å². The van der Waals surface area contributed by atoms with Crippen molar-refractivity contribution in [3.8, 4) is 0 Å². The molecule has 2 N–H and O–H groups in total. The average Bonchev–Trinajstić information content (AvgIpc) is 2.54. The Hall–Kier alpha value is -2.18. The smallest absolute Gasteiger partial charge is 0.417 e. The third-order valence-electron chi connectivity index (χ3n) is 2.36. The van der Waals surface area contributed by atoms with Crippen LogP contribution in [0.25, 0.3) is 11.1 Å². The lowest BCUT2D eigenvalue weighted by Gasteiger charge is -2.13. The van der Waals surface area contributed by atoms with Crippen LogP contribution in [-0.2, 0) is 11.2 Å². The van der Waals surface area contributed by atoms with Crippen LogP contribution in [0.15, 0.2) is 27.4 Å². The SMILES string of the molecule is O=C(O)CC(F)(F)Cc1ccc2oc(=O)[nH]c2c1. The molecule has 2 aromatic rings.